The Morgan fingerprint density at radius 3 is 2.60 bits per heavy atom. The molecule has 0 aromatic rings. The zero-order valence-corrected chi connectivity index (χ0v) is 8.15. The first-order valence-electron chi connectivity index (χ1n) is 4.31. The fourth-order valence-corrected chi connectivity index (χ4v) is 1.36. The first-order valence-corrected chi connectivity index (χ1v) is 4.31. The second-order valence-electron chi connectivity index (χ2n) is 3.24. The molecule has 82 valence electrons. The van der Waals surface area contributed by atoms with Crippen LogP contribution < -0.4 is 11.1 Å². The molecule has 0 aromatic carbocycles. The summed E-state index contributed by atoms with van der Waals surface area (Å²) in [6.07, 6.45) is -0.119. The molecule has 1 unspecified atom stereocenters. The number of carbonyl (C=O) groups excluding carboxylic acids is 4. The van der Waals surface area contributed by atoms with Gasteiger partial charge in [-0.25, -0.2) is 0 Å². The molecule has 7 heteroatoms. The normalized spacial score (nSPS) is 20.6. The highest BCUT2D eigenvalue weighted by Gasteiger charge is 2.39. The SMILES string of the molecule is CC(=O)NC1CC(=O)N(CC(N)=O)C1=O. The summed E-state index contributed by atoms with van der Waals surface area (Å²) in [7, 11) is 0. The minimum Gasteiger partial charge on any atom is -0.368 e. The maximum absolute atomic E-state index is 11.5. The summed E-state index contributed by atoms with van der Waals surface area (Å²) in [6, 6.07) is -0.866. The van der Waals surface area contributed by atoms with Gasteiger partial charge in [0.2, 0.25) is 17.7 Å². The summed E-state index contributed by atoms with van der Waals surface area (Å²) in [6.45, 7) is 0.808. The number of nitrogens with zero attached hydrogens (tertiary/aromatic N) is 1. The van der Waals surface area contributed by atoms with Crippen LogP contribution in [0.5, 0.6) is 0 Å². The van der Waals surface area contributed by atoms with Crippen molar-refractivity contribution in [3.05, 3.63) is 0 Å². The molecule has 7 nitrogen and oxygen atoms in total. The number of primary amides is 1. The van der Waals surface area contributed by atoms with Crippen LogP contribution in [-0.2, 0) is 19.2 Å². The van der Waals surface area contributed by atoms with Crippen molar-refractivity contribution in [1.82, 2.24) is 10.2 Å². The van der Waals surface area contributed by atoms with Crippen molar-refractivity contribution in [3.8, 4) is 0 Å². The van der Waals surface area contributed by atoms with Gasteiger partial charge in [-0.2, -0.15) is 0 Å². The molecular formula is C8H11N3O4. The van der Waals surface area contributed by atoms with Crippen molar-refractivity contribution in [2.75, 3.05) is 6.54 Å². The van der Waals surface area contributed by atoms with Crippen molar-refractivity contribution in [3.63, 3.8) is 0 Å². The molecular weight excluding hydrogens is 202 g/mol. The number of carbonyl (C=O) groups is 4. The van der Waals surface area contributed by atoms with Gasteiger partial charge in [0, 0.05) is 6.92 Å². The monoisotopic (exact) mass is 213 g/mol. The first-order chi connectivity index (χ1) is 6.91. The second-order valence-corrected chi connectivity index (χ2v) is 3.24. The van der Waals surface area contributed by atoms with Crippen molar-refractivity contribution in [1.29, 1.82) is 0 Å². The Morgan fingerprint density at radius 2 is 2.13 bits per heavy atom. The lowest BCUT2D eigenvalue weighted by atomic mass is 10.2. The zero-order valence-electron chi connectivity index (χ0n) is 8.15. The first kappa shape index (κ1) is 11.2. The van der Waals surface area contributed by atoms with Crippen molar-refractivity contribution >= 4 is 23.6 Å². The largest absolute Gasteiger partial charge is 0.368 e. The van der Waals surface area contributed by atoms with Crippen LogP contribution in [0.2, 0.25) is 0 Å². The topological polar surface area (TPSA) is 110 Å². The van der Waals surface area contributed by atoms with E-state index in [1.807, 2.05) is 0 Å². The van der Waals surface area contributed by atoms with Gasteiger partial charge in [0.25, 0.3) is 5.91 Å². The number of nitrogens with two attached hydrogens (primary N) is 1. The molecule has 15 heavy (non-hydrogen) atoms. The number of hydrogen-bond donors (Lipinski definition) is 2. The van der Waals surface area contributed by atoms with Gasteiger partial charge in [-0.3, -0.25) is 24.1 Å². The van der Waals surface area contributed by atoms with E-state index in [0.29, 0.717) is 0 Å². The van der Waals surface area contributed by atoms with Crippen LogP contribution in [0.4, 0.5) is 0 Å². The molecule has 0 spiro atoms. The van der Waals surface area contributed by atoms with Gasteiger partial charge in [0.15, 0.2) is 0 Å². The smallest absolute Gasteiger partial charge is 0.252 e. The van der Waals surface area contributed by atoms with Gasteiger partial charge in [-0.05, 0) is 0 Å². The minimum atomic E-state index is -0.866. The predicted molar refractivity (Wildman–Crippen MR) is 48.1 cm³/mol. The molecule has 1 heterocycles. The van der Waals surface area contributed by atoms with Crippen molar-refractivity contribution in [2.45, 2.75) is 19.4 Å². The molecule has 0 aliphatic carbocycles. The average Bonchev–Trinajstić information content (AvgIpc) is 2.31. The number of likely N-dealkylation sites (tertiary alicyclic amines) is 1. The fraction of sp³-hybridized carbons (Fsp3) is 0.500. The van der Waals surface area contributed by atoms with E-state index in [0.717, 1.165) is 4.90 Å². The third kappa shape index (κ3) is 2.52. The average molecular weight is 213 g/mol. The minimum absolute atomic E-state index is 0.119. The number of imide groups is 1. The van der Waals surface area contributed by atoms with E-state index in [4.69, 9.17) is 5.73 Å². The summed E-state index contributed by atoms with van der Waals surface area (Å²) in [4.78, 5) is 44.7. The van der Waals surface area contributed by atoms with E-state index in [1.54, 1.807) is 0 Å². The summed E-state index contributed by atoms with van der Waals surface area (Å²) in [5.41, 5.74) is 4.87. The van der Waals surface area contributed by atoms with Gasteiger partial charge < -0.3 is 11.1 Å². The highest BCUT2D eigenvalue weighted by Crippen LogP contribution is 2.12. The van der Waals surface area contributed by atoms with Gasteiger partial charge in [0.05, 0.1) is 6.42 Å². The third-order valence-corrected chi connectivity index (χ3v) is 1.94. The lowest BCUT2D eigenvalue weighted by Gasteiger charge is -2.12. The van der Waals surface area contributed by atoms with Crippen LogP contribution in [0, 0.1) is 0 Å². The summed E-state index contributed by atoms with van der Waals surface area (Å²) in [5, 5.41) is 2.32. The van der Waals surface area contributed by atoms with E-state index in [-0.39, 0.29) is 6.42 Å². The summed E-state index contributed by atoms with van der Waals surface area (Å²) < 4.78 is 0. The van der Waals surface area contributed by atoms with Gasteiger partial charge in [-0.15, -0.1) is 0 Å². The number of nitrogens with one attached hydrogen (secondary N) is 1. The number of hydrogen-bond acceptors (Lipinski definition) is 4. The molecule has 0 bridgehead atoms. The standard InChI is InChI=1S/C8H11N3O4/c1-4(12)10-5-2-7(14)11(8(5)15)3-6(9)13/h5H,2-3H2,1H3,(H2,9,13)(H,10,12). The predicted octanol–water partition coefficient (Wildman–Crippen LogP) is -2.26. The Hall–Kier alpha value is -1.92. The van der Waals surface area contributed by atoms with Crippen LogP contribution in [0.25, 0.3) is 0 Å². The van der Waals surface area contributed by atoms with Gasteiger partial charge in [0.1, 0.15) is 12.6 Å². The molecule has 1 saturated heterocycles. The molecule has 3 N–H and O–H groups in total. The van der Waals surface area contributed by atoms with Crippen LogP contribution >= 0.6 is 0 Å². The Balaban J connectivity index is 2.70. The lowest BCUT2D eigenvalue weighted by molar-refractivity contribution is -0.142. The molecule has 0 aromatic heterocycles. The Morgan fingerprint density at radius 1 is 1.53 bits per heavy atom. The Labute approximate surface area is 85.6 Å². The molecule has 1 aliphatic heterocycles. The number of rotatable bonds is 3. The number of amides is 4. The quantitative estimate of drug-likeness (QED) is 0.515. The van der Waals surface area contributed by atoms with E-state index in [9.17, 15) is 19.2 Å². The van der Waals surface area contributed by atoms with E-state index in [1.165, 1.54) is 6.92 Å². The maximum atomic E-state index is 11.5. The third-order valence-electron chi connectivity index (χ3n) is 1.94. The van der Waals surface area contributed by atoms with E-state index >= 15 is 0 Å². The van der Waals surface area contributed by atoms with E-state index < -0.39 is 36.2 Å². The molecule has 1 rings (SSSR count). The van der Waals surface area contributed by atoms with Crippen LogP contribution in [0.15, 0.2) is 0 Å². The Kier molecular flexibility index (Phi) is 3.03. The molecule has 0 saturated carbocycles. The van der Waals surface area contributed by atoms with Crippen molar-refractivity contribution in [2.24, 2.45) is 5.73 Å². The van der Waals surface area contributed by atoms with Crippen molar-refractivity contribution < 1.29 is 19.2 Å². The van der Waals surface area contributed by atoms with Gasteiger partial charge >= 0.3 is 0 Å². The molecule has 4 amide bonds. The highest BCUT2D eigenvalue weighted by atomic mass is 16.2. The van der Waals surface area contributed by atoms with E-state index in [2.05, 4.69) is 5.32 Å². The molecule has 0 radical (unpaired) electrons. The molecule has 1 fully saturated rings. The van der Waals surface area contributed by atoms with Gasteiger partial charge in [-0.1, -0.05) is 0 Å². The van der Waals surface area contributed by atoms with Crippen LogP contribution in [-0.4, -0.2) is 41.1 Å². The maximum Gasteiger partial charge on any atom is 0.252 e. The highest BCUT2D eigenvalue weighted by molar-refractivity contribution is 6.08. The summed E-state index contributed by atoms with van der Waals surface area (Å²) >= 11 is 0. The Bertz CT molecular complexity index is 339. The second kappa shape index (κ2) is 4.07. The lowest BCUT2D eigenvalue weighted by Crippen LogP contribution is -2.43. The fourth-order valence-electron chi connectivity index (χ4n) is 1.36. The molecule has 1 aliphatic rings. The zero-order chi connectivity index (χ0) is 11.6. The molecule has 1 atom stereocenters. The summed E-state index contributed by atoms with van der Waals surface area (Å²) in [5.74, 6) is -2.26. The van der Waals surface area contributed by atoms with Crippen LogP contribution in [0.3, 0.4) is 0 Å². The van der Waals surface area contributed by atoms with Crippen LogP contribution in [0.1, 0.15) is 13.3 Å².